The molecule has 2 aromatic rings. The number of amides is 1. The number of fused-ring (bicyclic) bond motifs is 1. The van der Waals surface area contributed by atoms with Crippen molar-refractivity contribution in [1.29, 1.82) is 0 Å². The van der Waals surface area contributed by atoms with Crippen LogP contribution in [-0.4, -0.2) is 69.3 Å². The first-order valence-electron chi connectivity index (χ1n) is 9.46. The lowest BCUT2D eigenvalue weighted by molar-refractivity contribution is 0.0748. The van der Waals surface area contributed by atoms with Gasteiger partial charge in [-0.2, -0.15) is 4.31 Å². The fourth-order valence-electron chi connectivity index (χ4n) is 3.98. The van der Waals surface area contributed by atoms with E-state index in [4.69, 9.17) is 4.52 Å². The first kappa shape index (κ1) is 19.1. The molecule has 0 radical (unpaired) electrons. The van der Waals surface area contributed by atoms with Crippen LogP contribution in [0.1, 0.15) is 53.2 Å². The van der Waals surface area contributed by atoms with E-state index in [-0.39, 0.29) is 11.9 Å². The van der Waals surface area contributed by atoms with Crippen LogP contribution in [0.15, 0.2) is 10.6 Å². The first-order chi connectivity index (χ1) is 13.3. The van der Waals surface area contributed by atoms with Gasteiger partial charge in [-0.3, -0.25) is 4.79 Å². The van der Waals surface area contributed by atoms with Crippen LogP contribution in [0.2, 0.25) is 0 Å². The maximum absolute atomic E-state index is 12.7. The zero-order chi connectivity index (χ0) is 19.9. The van der Waals surface area contributed by atoms with Crippen molar-refractivity contribution < 1.29 is 17.7 Å². The standard InChI is InChI=1S/C17H24N6O4S/c1-12-11-13(20-27-12)17(24)21-8-6-15-18-19-16(22(15)10-9-21)14-5-3-4-7-23(14)28(2,25)26/h11,14H,3-10H2,1-2H3. The fraction of sp³-hybridized carbons (Fsp3) is 0.647. The van der Waals surface area contributed by atoms with E-state index >= 15 is 0 Å². The summed E-state index contributed by atoms with van der Waals surface area (Å²) < 4.78 is 33.0. The van der Waals surface area contributed by atoms with E-state index in [1.165, 1.54) is 10.6 Å². The van der Waals surface area contributed by atoms with Gasteiger partial charge < -0.3 is 14.0 Å². The van der Waals surface area contributed by atoms with Crippen LogP contribution in [-0.2, 0) is 23.0 Å². The Morgan fingerprint density at radius 3 is 2.71 bits per heavy atom. The summed E-state index contributed by atoms with van der Waals surface area (Å²) in [6, 6.07) is 1.33. The van der Waals surface area contributed by atoms with Crippen molar-refractivity contribution in [3.63, 3.8) is 0 Å². The molecule has 4 heterocycles. The van der Waals surface area contributed by atoms with Crippen molar-refractivity contribution in [2.24, 2.45) is 0 Å². The molecule has 4 rings (SSSR count). The second kappa shape index (κ2) is 7.28. The van der Waals surface area contributed by atoms with Gasteiger partial charge in [-0.15, -0.1) is 10.2 Å². The molecule has 0 spiro atoms. The van der Waals surface area contributed by atoms with Crippen molar-refractivity contribution in [3.8, 4) is 0 Å². The van der Waals surface area contributed by atoms with Gasteiger partial charge in [-0.05, 0) is 19.8 Å². The average molecular weight is 408 g/mol. The van der Waals surface area contributed by atoms with E-state index in [0.717, 1.165) is 25.1 Å². The van der Waals surface area contributed by atoms with Gasteiger partial charge in [0.05, 0.1) is 12.3 Å². The predicted octanol–water partition coefficient (Wildman–Crippen LogP) is 0.760. The Hall–Kier alpha value is -2.27. The van der Waals surface area contributed by atoms with Crippen LogP contribution in [0, 0.1) is 6.92 Å². The maximum Gasteiger partial charge on any atom is 0.276 e. The molecule has 2 aliphatic rings. The highest BCUT2D eigenvalue weighted by atomic mass is 32.2. The average Bonchev–Trinajstić information content (AvgIpc) is 3.21. The Labute approximate surface area is 163 Å². The van der Waals surface area contributed by atoms with Gasteiger partial charge in [-0.1, -0.05) is 11.6 Å². The smallest absolute Gasteiger partial charge is 0.276 e. The lowest BCUT2D eigenvalue weighted by atomic mass is 10.0. The molecule has 2 aliphatic heterocycles. The summed E-state index contributed by atoms with van der Waals surface area (Å²) in [5.74, 6) is 1.87. The molecular weight excluding hydrogens is 384 g/mol. The quantitative estimate of drug-likeness (QED) is 0.736. The minimum atomic E-state index is -3.33. The van der Waals surface area contributed by atoms with Gasteiger partial charge in [0.1, 0.15) is 11.6 Å². The molecule has 0 bridgehead atoms. The van der Waals surface area contributed by atoms with Gasteiger partial charge in [0, 0.05) is 38.7 Å². The van der Waals surface area contributed by atoms with Crippen LogP contribution < -0.4 is 0 Å². The lowest BCUT2D eigenvalue weighted by Gasteiger charge is -2.33. The first-order valence-corrected chi connectivity index (χ1v) is 11.3. The molecule has 0 N–H and O–H groups in total. The van der Waals surface area contributed by atoms with Crippen molar-refractivity contribution in [1.82, 2.24) is 29.1 Å². The van der Waals surface area contributed by atoms with Crippen molar-refractivity contribution >= 4 is 15.9 Å². The highest BCUT2D eigenvalue weighted by molar-refractivity contribution is 7.88. The SMILES string of the molecule is Cc1cc(C(=O)N2CCc3nnc(C4CCCCN4S(C)(=O)=O)n3CC2)no1. The Morgan fingerprint density at radius 2 is 2.00 bits per heavy atom. The molecule has 1 saturated heterocycles. The molecule has 10 nitrogen and oxygen atoms in total. The third-order valence-electron chi connectivity index (χ3n) is 5.37. The van der Waals surface area contributed by atoms with Gasteiger partial charge >= 0.3 is 0 Å². The number of sulfonamides is 1. The van der Waals surface area contributed by atoms with Crippen LogP contribution in [0.5, 0.6) is 0 Å². The summed E-state index contributed by atoms with van der Waals surface area (Å²) in [7, 11) is -3.33. The molecule has 0 aromatic carbocycles. The highest BCUT2D eigenvalue weighted by Gasteiger charge is 2.35. The maximum atomic E-state index is 12.7. The number of nitrogens with zero attached hydrogens (tertiary/aromatic N) is 6. The number of hydrogen-bond donors (Lipinski definition) is 0. The van der Waals surface area contributed by atoms with E-state index < -0.39 is 10.0 Å². The number of aryl methyl sites for hydroxylation is 1. The molecule has 2 aromatic heterocycles. The molecule has 1 fully saturated rings. The van der Waals surface area contributed by atoms with E-state index in [9.17, 15) is 13.2 Å². The van der Waals surface area contributed by atoms with Gasteiger partial charge in [0.15, 0.2) is 11.5 Å². The monoisotopic (exact) mass is 408 g/mol. The van der Waals surface area contributed by atoms with Crippen LogP contribution in [0.3, 0.4) is 0 Å². The molecular formula is C17H24N6O4S. The number of piperidine rings is 1. The fourth-order valence-corrected chi connectivity index (χ4v) is 5.11. The zero-order valence-corrected chi connectivity index (χ0v) is 16.9. The summed E-state index contributed by atoms with van der Waals surface area (Å²) in [6.45, 7) is 3.76. The molecule has 1 unspecified atom stereocenters. The lowest BCUT2D eigenvalue weighted by Crippen LogP contribution is -2.39. The van der Waals surface area contributed by atoms with Crippen molar-refractivity contribution in [3.05, 3.63) is 29.2 Å². The minimum Gasteiger partial charge on any atom is -0.361 e. The normalized spacial score (nSPS) is 21.4. The third kappa shape index (κ3) is 3.55. The van der Waals surface area contributed by atoms with E-state index in [2.05, 4.69) is 15.4 Å². The van der Waals surface area contributed by atoms with Crippen molar-refractivity contribution in [2.75, 3.05) is 25.9 Å². The van der Waals surface area contributed by atoms with Crippen molar-refractivity contribution in [2.45, 2.75) is 45.2 Å². The minimum absolute atomic E-state index is 0.174. The largest absolute Gasteiger partial charge is 0.361 e. The Balaban J connectivity index is 1.56. The molecule has 0 saturated carbocycles. The summed E-state index contributed by atoms with van der Waals surface area (Å²) in [5, 5.41) is 12.4. The Bertz CT molecular complexity index is 982. The van der Waals surface area contributed by atoms with Crippen LogP contribution >= 0.6 is 0 Å². The number of aromatic nitrogens is 4. The number of rotatable bonds is 3. The Kier molecular flexibility index (Phi) is 4.96. The Morgan fingerprint density at radius 1 is 1.18 bits per heavy atom. The summed E-state index contributed by atoms with van der Waals surface area (Å²) in [4.78, 5) is 14.4. The van der Waals surface area contributed by atoms with Crippen LogP contribution in [0.4, 0.5) is 0 Å². The molecule has 1 amide bonds. The summed E-state index contributed by atoms with van der Waals surface area (Å²) in [5.41, 5.74) is 0.297. The second-order valence-corrected chi connectivity index (χ2v) is 9.31. The summed E-state index contributed by atoms with van der Waals surface area (Å²) in [6.07, 6.45) is 4.33. The van der Waals surface area contributed by atoms with E-state index in [1.807, 2.05) is 4.57 Å². The predicted molar refractivity (Wildman–Crippen MR) is 99.0 cm³/mol. The van der Waals surface area contributed by atoms with E-state index in [1.54, 1.807) is 17.9 Å². The number of carbonyl (C=O) groups excluding carboxylic acids is 1. The third-order valence-corrected chi connectivity index (χ3v) is 6.66. The zero-order valence-electron chi connectivity index (χ0n) is 16.0. The van der Waals surface area contributed by atoms with Crippen LogP contribution in [0.25, 0.3) is 0 Å². The molecule has 0 aliphatic carbocycles. The topological polar surface area (TPSA) is 114 Å². The summed E-state index contributed by atoms with van der Waals surface area (Å²) >= 11 is 0. The number of hydrogen-bond acceptors (Lipinski definition) is 7. The molecule has 152 valence electrons. The molecule has 28 heavy (non-hydrogen) atoms. The number of carbonyl (C=O) groups is 1. The molecule has 1 atom stereocenters. The van der Waals surface area contributed by atoms with Gasteiger partial charge in [0.25, 0.3) is 5.91 Å². The molecule has 11 heteroatoms. The van der Waals surface area contributed by atoms with Gasteiger partial charge in [-0.25, -0.2) is 8.42 Å². The second-order valence-electron chi connectivity index (χ2n) is 7.38. The highest BCUT2D eigenvalue weighted by Crippen LogP contribution is 2.32. The van der Waals surface area contributed by atoms with Gasteiger partial charge in [0.2, 0.25) is 10.0 Å². The van der Waals surface area contributed by atoms with E-state index in [0.29, 0.717) is 49.9 Å².